The minimum atomic E-state index is 0.0965. The first-order valence-corrected chi connectivity index (χ1v) is 7.50. The fourth-order valence-electron chi connectivity index (χ4n) is 3.71. The van der Waals surface area contributed by atoms with Gasteiger partial charge in [0.1, 0.15) is 0 Å². The van der Waals surface area contributed by atoms with Crippen LogP contribution >= 0.6 is 0 Å². The van der Waals surface area contributed by atoms with Crippen LogP contribution in [0.5, 0.6) is 0 Å². The standard InChI is InChI=1S/C16H25N3/c1-13-4-2-5-14(10-13)18-16(12-17)7-9-19-8-3-6-15(19)11-16/h2,4-5,10,15,18H,3,6-9,11-12,17H2,1H3. The first-order valence-electron chi connectivity index (χ1n) is 7.50. The number of nitrogens with zero attached hydrogens (tertiary/aromatic N) is 1. The number of hydrogen-bond donors (Lipinski definition) is 2. The molecule has 0 spiro atoms. The topological polar surface area (TPSA) is 41.3 Å². The third kappa shape index (κ3) is 2.63. The van der Waals surface area contributed by atoms with Crippen molar-refractivity contribution in [3.05, 3.63) is 29.8 Å². The van der Waals surface area contributed by atoms with Crippen LogP contribution in [0.2, 0.25) is 0 Å². The van der Waals surface area contributed by atoms with Crippen molar-refractivity contribution in [3.63, 3.8) is 0 Å². The highest BCUT2D eigenvalue weighted by Gasteiger charge is 2.40. The average molecular weight is 259 g/mol. The predicted octanol–water partition coefficient (Wildman–Crippen LogP) is 2.36. The molecule has 2 aliphatic heterocycles. The zero-order valence-corrected chi connectivity index (χ0v) is 11.9. The number of hydrogen-bond acceptors (Lipinski definition) is 3. The second kappa shape index (κ2) is 5.14. The molecular weight excluding hydrogens is 234 g/mol. The van der Waals surface area contributed by atoms with E-state index in [1.54, 1.807) is 0 Å². The van der Waals surface area contributed by atoms with Crippen molar-refractivity contribution in [2.45, 2.75) is 44.2 Å². The lowest BCUT2D eigenvalue weighted by Gasteiger charge is -2.44. The van der Waals surface area contributed by atoms with E-state index >= 15 is 0 Å². The SMILES string of the molecule is Cc1cccc(NC2(CN)CCN3CCCC3C2)c1. The van der Waals surface area contributed by atoms with Crippen LogP contribution in [0.3, 0.4) is 0 Å². The second-order valence-corrected chi connectivity index (χ2v) is 6.27. The Kier molecular flexibility index (Phi) is 3.50. The fourth-order valence-corrected chi connectivity index (χ4v) is 3.71. The van der Waals surface area contributed by atoms with Crippen LogP contribution in [0, 0.1) is 6.92 Å². The van der Waals surface area contributed by atoms with Crippen LogP contribution in [-0.2, 0) is 0 Å². The molecule has 3 N–H and O–H groups in total. The van der Waals surface area contributed by atoms with E-state index in [1.165, 1.54) is 43.6 Å². The van der Waals surface area contributed by atoms with Crippen LogP contribution in [0.15, 0.2) is 24.3 Å². The summed E-state index contributed by atoms with van der Waals surface area (Å²) in [6.07, 6.45) is 5.05. The van der Waals surface area contributed by atoms with E-state index in [1.807, 2.05) is 0 Å². The number of benzene rings is 1. The van der Waals surface area contributed by atoms with Gasteiger partial charge in [-0.15, -0.1) is 0 Å². The van der Waals surface area contributed by atoms with Gasteiger partial charge in [-0.25, -0.2) is 0 Å². The molecule has 3 rings (SSSR count). The summed E-state index contributed by atoms with van der Waals surface area (Å²) in [5.74, 6) is 0. The Balaban J connectivity index is 1.76. The lowest BCUT2D eigenvalue weighted by Crippen LogP contribution is -2.55. The Hall–Kier alpha value is -1.06. The first-order chi connectivity index (χ1) is 9.21. The molecule has 2 atom stereocenters. The summed E-state index contributed by atoms with van der Waals surface area (Å²) in [7, 11) is 0. The van der Waals surface area contributed by atoms with Gasteiger partial charge in [-0.2, -0.15) is 0 Å². The maximum Gasteiger partial charge on any atom is 0.0522 e. The van der Waals surface area contributed by atoms with Crippen molar-refractivity contribution in [2.24, 2.45) is 5.73 Å². The van der Waals surface area contributed by atoms with Gasteiger partial charge in [-0.05, 0) is 56.8 Å². The Bertz CT molecular complexity index is 445. The van der Waals surface area contributed by atoms with Crippen LogP contribution < -0.4 is 11.1 Å². The van der Waals surface area contributed by atoms with E-state index in [0.29, 0.717) is 0 Å². The molecule has 2 aliphatic rings. The maximum atomic E-state index is 6.13. The number of nitrogens with one attached hydrogen (secondary N) is 1. The van der Waals surface area contributed by atoms with Crippen molar-refractivity contribution >= 4 is 5.69 Å². The molecule has 0 radical (unpaired) electrons. The molecule has 0 amide bonds. The van der Waals surface area contributed by atoms with Crippen LogP contribution in [0.4, 0.5) is 5.69 Å². The minimum absolute atomic E-state index is 0.0965. The van der Waals surface area contributed by atoms with Crippen LogP contribution in [-0.4, -0.2) is 36.1 Å². The third-order valence-corrected chi connectivity index (χ3v) is 4.82. The number of nitrogens with two attached hydrogens (primary N) is 1. The predicted molar refractivity (Wildman–Crippen MR) is 80.4 cm³/mol. The molecule has 0 aromatic heterocycles. The van der Waals surface area contributed by atoms with Crippen LogP contribution in [0.1, 0.15) is 31.2 Å². The molecule has 1 aromatic rings. The quantitative estimate of drug-likeness (QED) is 0.875. The Labute approximate surface area is 116 Å². The highest BCUT2D eigenvalue weighted by molar-refractivity contribution is 5.48. The number of piperidine rings is 1. The van der Waals surface area contributed by atoms with E-state index in [0.717, 1.165) is 19.0 Å². The molecule has 0 saturated carbocycles. The molecule has 19 heavy (non-hydrogen) atoms. The second-order valence-electron chi connectivity index (χ2n) is 6.27. The molecule has 0 aliphatic carbocycles. The summed E-state index contributed by atoms with van der Waals surface area (Å²) < 4.78 is 0. The Morgan fingerprint density at radius 2 is 2.32 bits per heavy atom. The van der Waals surface area contributed by atoms with E-state index in [2.05, 4.69) is 41.4 Å². The summed E-state index contributed by atoms with van der Waals surface area (Å²) in [6, 6.07) is 9.38. The number of fused-ring (bicyclic) bond motifs is 1. The molecule has 2 saturated heterocycles. The van der Waals surface area contributed by atoms with Gasteiger partial charge in [0.15, 0.2) is 0 Å². The summed E-state index contributed by atoms with van der Waals surface area (Å²) in [6.45, 7) is 5.35. The molecule has 2 fully saturated rings. The molecule has 1 aromatic carbocycles. The summed E-state index contributed by atoms with van der Waals surface area (Å²) >= 11 is 0. The summed E-state index contributed by atoms with van der Waals surface area (Å²) in [5.41, 5.74) is 8.74. The Morgan fingerprint density at radius 1 is 1.42 bits per heavy atom. The van der Waals surface area contributed by atoms with Crippen LogP contribution in [0.25, 0.3) is 0 Å². The molecule has 3 heteroatoms. The third-order valence-electron chi connectivity index (χ3n) is 4.82. The Morgan fingerprint density at radius 3 is 3.11 bits per heavy atom. The monoisotopic (exact) mass is 259 g/mol. The molecule has 0 bridgehead atoms. The summed E-state index contributed by atoms with van der Waals surface area (Å²) in [4.78, 5) is 2.64. The van der Waals surface area contributed by atoms with E-state index in [-0.39, 0.29) is 5.54 Å². The zero-order valence-electron chi connectivity index (χ0n) is 11.9. The number of aryl methyl sites for hydroxylation is 1. The molecule has 2 heterocycles. The van der Waals surface area contributed by atoms with Crippen molar-refractivity contribution in [2.75, 3.05) is 25.0 Å². The highest BCUT2D eigenvalue weighted by atomic mass is 15.2. The first kappa shape index (κ1) is 12.9. The maximum absolute atomic E-state index is 6.13. The molecule has 2 unspecified atom stereocenters. The van der Waals surface area contributed by atoms with Gasteiger partial charge in [0, 0.05) is 24.8 Å². The van der Waals surface area contributed by atoms with E-state index in [9.17, 15) is 0 Å². The average Bonchev–Trinajstić information content (AvgIpc) is 2.86. The fraction of sp³-hybridized carbons (Fsp3) is 0.625. The highest BCUT2D eigenvalue weighted by Crippen LogP contribution is 2.34. The lowest BCUT2D eigenvalue weighted by atomic mass is 9.83. The van der Waals surface area contributed by atoms with Crippen molar-refractivity contribution in [3.8, 4) is 0 Å². The smallest absolute Gasteiger partial charge is 0.0522 e. The van der Waals surface area contributed by atoms with Gasteiger partial charge in [-0.3, -0.25) is 0 Å². The molecule has 104 valence electrons. The van der Waals surface area contributed by atoms with Gasteiger partial charge >= 0.3 is 0 Å². The zero-order chi connectivity index (χ0) is 13.3. The molecule has 3 nitrogen and oxygen atoms in total. The number of anilines is 1. The lowest BCUT2D eigenvalue weighted by molar-refractivity contribution is 0.145. The summed E-state index contributed by atoms with van der Waals surface area (Å²) in [5, 5.41) is 3.75. The van der Waals surface area contributed by atoms with Gasteiger partial charge < -0.3 is 16.0 Å². The number of rotatable bonds is 3. The van der Waals surface area contributed by atoms with Crippen molar-refractivity contribution in [1.82, 2.24) is 4.90 Å². The van der Waals surface area contributed by atoms with Gasteiger partial charge in [0.05, 0.1) is 5.54 Å². The van der Waals surface area contributed by atoms with Crippen molar-refractivity contribution < 1.29 is 0 Å². The normalized spacial score (nSPS) is 31.2. The molecular formula is C16H25N3. The van der Waals surface area contributed by atoms with Crippen molar-refractivity contribution in [1.29, 1.82) is 0 Å². The van der Waals surface area contributed by atoms with E-state index < -0.39 is 0 Å². The van der Waals surface area contributed by atoms with E-state index in [4.69, 9.17) is 5.73 Å². The van der Waals surface area contributed by atoms with Gasteiger partial charge in [0.2, 0.25) is 0 Å². The van der Waals surface area contributed by atoms with Gasteiger partial charge in [-0.1, -0.05) is 12.1 Å². The largest absolute Gasteiger partial charge is 0.378 e. The minimum Gasteiger partial charge on any atom is -0.378 e. The van der Waals surface area contributed by atoms with Gasteiger partial charge in [0.25, 0.3) is 0 Å².